The molecule has 0 aliphatic heterocycles. The van der Waals surface area contributed by atoms with Crippen molar-refractivity contribution in [2.75, 3.05) is 0 Å². The molecule has 0 radical (unpaired) electrons. The average molecular weight is 357 g/mol. The quantitative estimate of drug-likeness (QED) is 0.846. The Morgan fingerprint density at radius 3 is 2.75 bits per heavy atom. The van der Waals surface area contributed by atoms with Crippen LogP contribution in [-0.4, -0.2) is 10.1 Å². The first kappa shape index (κ1) is 15.3. The van der Waals surface area contributed by atoms with Gasteiger partial charge in [0.15, 0.2) is 0 Å². The molecule has 0 aliphatic rings. The van der Waals surface area contributed by atoms with Gasteiger partial charge in [0.2, 0.25) is 5.88 Å². The highest BCUT2D eigenvalue weighted by Crippen LogP contribution is 2.33. The van der Waals surface area contributed by atoms with Gasteiger partial charge in [-0.25, -0.2) is 4.98 Å². The Bertz CT molecular complexity index is 617. The first-order valence-corrected chi connectivity index (χ1v) is 7.41. The second kappa shape index (κ2) is 6.57. The molecular formula is C15H15BrClNO2. The molecule has 0 aliphatic carbocycles. The smallest absolute Gasteiger partial charge is 0.219 e. The zero-order valence-corrected chi connectivity index (χ0v) is 13.6. The number of halogens is 2. The Morgan fingerprint density at radius 2 is 2.10 bits per heavy atom. The second-order valence-electron chi connectivity index (χ2n) is 4.71. The van der Waals surface area contributed by atoms with Crippen LogP contribution >= 0.6 is 27.5 Å². The van der Waals surface area contributed by atoms with Crippen molar-refractivity contribution in [3.05, 3.63) is 51.1 Å². The maximum atomic E-state index is 9.21. The molecule has 5 heteroatoms. The lowest BCUT2D eigenvalue weighted by Gasteiger charge is -2.14. The minimum absolute atomic E-state index is 0.144. The number of pyridine rings is 1. The molecule has 1 aromatic carbocycles. The summed E-state index contributed by atoms with van der Waals surface area (Å²) >= 11 is 9.38. The number of hydrogen-bond acceptors (Lipinski definition) is 3. The molecule has 1 aromatic heterocycles. The maximum absolute atomic E-state index is 9.21. The lowest BCUT2D eigenvalue weighted by Crippen LogP contribution is -1.97. The van der Waals surface area contributed by atoms with Crippen LogP contribution in [-0.2, 0) is 6.61 Å². The van der Waals surface area contributed by atoms with Crippen LogP contribution in [0.1, 0.15) is 30.9 Å². The van der Waals surface area contributed by atoms with Crippen LogP contribution in [0.5, 0.6) is 11.6 Å². The fraction of sp³-hybridized carbons (Fsp3) is 0.267. The Morgan fingerprint density at radius 1 is 1.35 bits per heavy atom. The highest BCUT2D eigenvalue weighted by molar-refractivity contribution is 9.10. The summed E-state index contributed by atoms with van der Waals surface area (Å²) in [7, 11) is 0. The Labute approximate surface area is 131 Å². The van der Waals surface area contributed by atoms with E-state index in [0.29, 0.717) is 22.4 Å². The minimum Gasteiger partial charge on any atom is -0.439 e. The van der Waals surface area contributed by atoms with Gasteiger partial charge in [-0.1, -0.05) is 41.4 Å². The lowest BCUT2D eigenvalue weighted by atomic mass is 10.0. The molecule has 1 heterocycles. The molecule has 3 nitrogen and oxygen atoms in total. The van der Waals surface area contributed by atoms with Gasteiger partial charge >= 0.3 is 0 Å². The summed E-state index contributed by atoms with van der Waals surface area (Å²) < 4.78 is 6.83. The van der Waals surface area contributed by atoms with Gasteiger partial charge in [-0.2, -0.15) is 0 Å². The third-order valence-electron chi connectivity index (χ3n) is 2.89. The number of benzene rings is 1. The second-order valence-corrected chi connectivity index (χ2v) is 6.03. The van der Waals surface area contributed by atoms with Crippen molar-refractivity contribution in [3.63, 3.8) is 0 Å². The van der Waals surface area contributed by atoms with E-state index in [4.69, 9.17) is 16.3 Å². The summed E-state index contributed by atoms with van der Waals surface area (Å²) in [6, 6.07) is 7.50. The van der Waals surface area contributed by atoms with Crippen LogP contribution in [0.4, 0.5) is 0 Å². The van der Waals surface area contributed by atoms with Gasteiger partial charge in [0.05, 0.1) is 11.6 Å². The number of rotatable bonds is 4. The minimum atomic E-state index is -0.144. The van der Waals surface area contributed by atoms with Crippen molar-refractivity contribution in [1.82, 2.24) is 4.98 Å². The van der Waals surface area contributed by atoms with Gasteiger partial charge in [0.1, 0.15) is 5.75 Å². The number of aliphatic hydroxyl groups is 1. The summed E-state index contributed by atoms with van der Waals surface area (Å²) in [6.07, 6.45) is 1.48. The van der Waals surface area contributed by atoms with Gasteiger partial charge in [0, 0.05) is 22.3 Å². The molecule has 1 N–H and O–H groups in total. The summed E-state index contributed by atoms with van der Waals surface area (Å²) in [5, 5.41) is 9.64. The molecule has 0 bridgehead atoms. The van der Waals surface area contributed by atoms with E-state index in [1.165, 1.54) is 6.20 Å². The molecular weight excluding hydrogens is 342 g/mol. The zero-order chi connectivity index (χ0) is 14.7. The topological polar surface area (TPSA) is 42.4 Å². The van der Waals surface area contributed by atoms with Crippen molar-refractivity contribution in [2.45, 2.75) is 26.4 Å². The van der Waals surface area contributed by atoms with Gasteiger partial charge < -0.3 is 9.84 Å². The molecule has 2 aromatic rings. The van der Waals surface area contributed by atoms with Crippen molar-refractivity contribution in [1.29, 1.82) is 0 Å². The van der Waals surface area contributed by atoms with Gasteiger partial charge in [-0.3, -0.25) is 0 Å². The van der Waals surface area contributed by atoms with E-state index in [1.54, 1.807) is 6.07 Å². The molecule has 0 spiro atoms. The predicted octanol–water partition coefficient (Wildman–Crippen LogP) is 4.91. The highest BCUT2D eigenvalue weighted by Gasteiger charge is 2.11. The van der Waals surface area contributed by atoms with E-state index < -0.39 is 0 Å². The molecule has 20 heavy (non-hydrogen) atoms. The number of aliphatic hydroxyl groups excluding tert-OH is 1. The first-order chi connectivity index (χ1) is 9.51. The van der Waals surface area contributed by atoms with E-state index in [9.17, 15) is 5.11 Å². The number of hydrogen-bond donors (Lipinski definition) is 1. The number of aromatic nitrogens is 1. The molecule has 0 saturated carbocycles. The molecule has 0 unspecified atom stereocenters. The molecule has 2 rings (SSSR count). The molecule has 106 valence electrons. The normalized spacial score (nSPS) is 10.9. The largest absolute Gasteiger partial charge is 0.439 e. The Hall–Kier alpha value is -1.10. The van der Waals surface area contributed by atoms with Crippen LogP contribution in [0.3, 0.4) is 0 Å². The SMILES string of the molecule is CC(C)c1cc(Br)ccc1Oc1cc(CO)c(Cl)cn1. The number of ether oxygens (including phenoxy) is 1. The third-order valence-corrected chi connectivity index (χ3v) is 3.72. The van der Waals surface area contributed by atoms with Crippen LogP contribution in [0.25, 0.3) is 0 Å². The van der Waals surface area contributed by atoms with E-state index in [0.717, 1.165) is 15.8 Å². The van der Waals surface area contributed by atoms with Gasteiger partial charge in [-0.15, -0.1) is 0 Å². The van der Waals surface area contributed by atoms with Crippen LogP contribution in [0, 0.1) is 0 Å². The summed E-state index contributed by atoms with van der Waals surface area (Å²) in [6.45, 7) is 4.06. The standard InChI is InChI=1S/C15H15BrClNO2/c1-9(2)12-6-11(16)3-4-14(12)20-15-5-10(8-19)13(17)7-18-15/h3-7,9,19H,8H2,1-2H3. The van der Waals surface area contributed by atoms with E-state index >= 15 is 0 Å². The fourth-order valence-electron chi connectivity index (χ4n) is 1.81. The molecule has 0 amide bonds. The fourth-order valence-corrected chi connectivity index (χ4v) is 2.35. The van der Waals surface area contributed by atoms with Crippen molar-refractivity contribution >= 4 is 27.5 Å². The number of nitrogens with zero attached hydrogens (tertiary/aromatic N) is 1. The zero-order valence-electron chi connectivity index (χ0n) is 11.2. The van der Waals surface area contributed by atoms with Crippen LogP contribution < -0.4 is 4.74 Å². The van der Waals surface area contributed by atoms with E-state index in [2.05, 4.69) is 34.8 Å². The van der Waals surface area contributed by atoms with E-state index in [1.807, 2.05) is 18.2 Å². The van der Waals surface area contributed by atoms with Crippen molar-refractivity contribution in [3.8, 4) is 11.6 Å². The van der Waals surface area contributed by atoms with Gasteiger partial charge in [0.25, 0.3) is 0 Å². The molecule has 0 fully saturated rings. The highest BCUT2D eigenvalue weighted by atomic mass is 79.9. The predicted molar refractivity (Wildman–Crippen MR) is 83.5 cm³/mol. The summed E-state index contributed by atoms with van der Waals surface area (Å²) in [5.74, 6) is 1.50. The monoisotopic (exact) mass is 355 g/mol. The van der Waals surface area contributed by atoms with Crippen LogP contribution in [0.2, 0.25) is 5.02 Å². The first-order valence-electron chi connectivity index (χ1n) is 6.24. The van der Waals surface area contributed by atoms with E-state index in [-0.39, 0.29) is 6.61 Å². The Balaban J connectivity index is 2.34. The summed E-state index contributed by atoms with van der Waals surface area (Å²) in [5.41, 5.74) is 1.68. The maximum Gasteiger partial charge on any atom is 0.219 e. The van der Waals surface area contributed by atoms with Gasteiger partial charge in [-0.05, 0) is 29.7 Å². The van der Waals surface area contributed by atoms with Crippen molar-refractivity contribution < 1.29 is 9.84 Å². The molecule has 0 atom stereocenters. The third kappa shape index (κ3) is 3.51. The lowest BCUT2D eigenvalue weighted by molar-refractivity contribution is 0.281. The average Bonchev–Trinajstić information content (AvgIpc) is 2.42. The Kier molecular flexibility index (Phi) is 5.02. The van der Waals surface area contributed by atoms with Crippen LogP contribution in [0.15, 0.2) is 34.9 Å². The molecule has 0 saturated heterocycles. The van der Waals surface area contributed by atoms with Crippen molar-refractivity contribution in [2.24, 2.45) is 0 Å². The summed E-state index contributed by atoms with van der Waals surface area (Å²) in [4.78, 5) is 4.13.